The third-order valence-electron chi connectivity index (χ3n) is 4.16. The van der Waals surface area contributed by atoms with E-state index in [1.165, 1.54) is 0 Å². The van der Waals surface area contributed by atoms with Crippen LogP contribution in [0.15, 0.2) is 47.4 Å². The third kappa shape index (κ3) is 2.03. The number of nitrogens with one attached hydrogen (secondary N) is 2. The van der Waals surface area contributed by atoms with Crippen LogP contribution in [0.4, 0.5) is 0 Å². The molecule has 0 bridgehead atoms. The molecule has 1 unspecified atom stereocenters. The number of carboxylic acid groups (broad SMARTS) is 1. The predicted molar refractivity (Wildman–Crippen MR) is 84.4 cm³/mol. The number of pyridine rings is 2. The molecule has 23 heavy (non-hydrogen) atoms. The second kappa shape index (κ2) is 5.03. The molecule has 0 spiro atoms. The first-order valence-electron chi connectivity index (χ1n) is 7.22. The fourth-order valence-corrected chi connectivity index (χ4v) is 3.19. The summed E-state index contributed by atoms with van der Waals surface area (Å²) in [7, 11) is 0. The molecule has 1 atom stereocenters. The highest BCUT2D eigenvalue weighted by Gasteiger charge is 2.31. The molecule has 3 aromatic rings. The van der Waals surface area contributed by atoms with Gasteiger partial charge >= 0.3 is 5.97 Å². The number of benzene rings is 1. The molecule has 0 saturated carbocycles. The van der Waals surface area contributed by atoms with E-state index in [2.05, 4.69) is 15.3 Å². The van der Waals surface area contributed by atoms with Gasteiger partial charge in [0, 0.05) is 29.2 Å². The molecule has 0 radical (unpaired) electrons. The Morgan fingerprint density at radius 3 is 2.87 bits per heavy atom. The minimum atomic E-state index is -1.24. The summed E-state index contributed by atoms with van der Waals surface area (Å²) in [6.45, 7) is 0.591. The second-order valence-corrected chi connectivity index (χ2v) is 5.46. The Labute approximate surface area is 130 Å². The van der Waals surface area contributed by atoms with Gasteiger partial charge in [0.05, 0.1) is 11.7 Å². The van der Waals surface area contributed by atoms with Crippen LogP contribution in [0.25, 0.3) is 10.9 Å². The number of aromatic carboxylic acids is 1. The van der Waals surface area contributed by atoms with Gasteiger partial charge in [0.1, 0.15) is 5.56 Å². The fourth-order valence-electron chi connectivity index (χ4n) is 3.19. The van der Waals surface area contributed by atoms with Gasteiger partial charge in [-0.1, -0.05) is 24.3 Å². The molecule has 1 aliphatic heterocycles. The number of fused-ring (bicyclic) bond motifs is 2. The molecule has 6 heteroatoms. The van der Waals surface area contributed by atoms with E-state index >= 15 is 0 Å². The second-order valence-electron chi connectivity index (χ2n) is 5.46. The summed E-state index contributed by atoms with van der Waals surface area (Å²) in [6, 6.07) is 10.6. The summed E-state index contributed by atoms with van der Waals surface area (Å²) in [5.41, 5.74) is 2.03. The number of H-pyrrole nitrogens is 1. The van der Waals surface area contributed by atoms with Crippen molar-refractivity contribution in [2.45, 2.75) is 12.6 Å². The maximum absolute atomic E-state index is 12.3. The summed E-state index contributed by atoms with van der Waals surface area (Å²) in [5, 5.41) is 13.5. The minimum absolute atomic E-state index is 0.236. The zero-order chi connectivity index (χ0) is 16.0. The van der Waals surface area contributed by atoms with Crippen LogP contribution in [0.1, 0.15) is 33.2 Å². The van der Waals surface area contributed by atoms with Crippen molar-refractivity contribution in [3.63, 3.8) is 0 Å². The zero-order valence-electron chi connectivity index (χ0n) is 12.0. The van der Waals surface area contributed by atoms with Crippen molar-refractivity contribution in [1.82, 2.24) is 15.3 Å². The minimum Gasteiger partial charge on any atom is -0.477 e. The van der Waals surface area contributed by atoms with Gasteiger partial charge in [-0.2, -0.15) is 0 Å². The Kier molecular flexibility index (Phi) is 2.99. The lowest BCUT2D eigenvalue weighted by Gasteiger charge is -2.17. The van der Waals surface area contributed by atoms with Crippen molar-refractivity contribution < 1.29 is 9.90 Å². The van der Waals surface area contributed by atoms with Crippen molar-refractivity contribution in [2.75, 3.05) is 0 Å². The van der Waals surface area contributed by atoms with Crippen LogP contribution >= 0.6 is 0 Å². The normalized spacial score (nSPS) is 16.4. The molecular formula is C17H13N3O3. The van der Waals surface area contributed by atoms with Crippen LogP contribution in [0.2, 0.25) is 0 Å². The largest absolute Gasteiger partial charge is 0.477 e. The van der Waals surface area contributed by atoms with Crippen molar-refractivity contribution in [2.24, 2.45) is 0 Å². The summed E-state index contributed by atoms with van der Waals surface area (Å²) >= 11 is 0. The zero-order valence-corrected chi connectivity index (χ0v) is 12.0. The first kappa shape index (κ1) is 13.7. The van der Waals surface area contributed by atoms with Crippen molar-refractivity contribution in [1.29, 1.82) is 0 Å². The lowest BCUT2D eigenvalue weighted by Crippen LogP contribution is -2.26. The van der Waals surface area contributed by atoms with Gasteiger partial charge in [-0.25, -0.2) is 4.79 Å². The van der Waals surface area contributed by atoms with Crippen LogP contribution in [0, 0.1) is 0 Å². The number of nitrogens with zero attached hydrogens (tertiary/aromatic N) is 1. The highest BCUT2D eigenvalue weighted by atomic mass is 16.4. The van der Waals surface area contributed by atoms with E-state index in [0.29, 0.717) is 23.0 Å². The van der Waals surface area contributed by atoms with Gasteiger partial charge in [-0.05, 0) is 17.7 Å². The lowest BCUT2D eigenvalue weighted by molar-refractivity contribution is 0.0693. The number of para-hydroxylation sites is 1. The average Bonchev–Trinajstić information content (AvgIpc) is 2.97. The van der Waals surface area contributed by atoms with E-state index in [1.54, 1.807) is 18.3 Å². The van der Waals surface area contributed by atoms with Crippen molar-refractivity contribution >= 4 is 16.9 Å². The van der Waals surface area contributed by atoms with E-state index in [9.17, 15) is 14.7 Å². The van der Waals surface area contributed by atoms with Gasteiger partial charge in [-0.15, -0.1) is 0 Å². The fraction of sp³-hybridized carbons (Fsp3) is 0.118. The lowest BCUT2D eigenvalue weighted by atomic mass is 9.94. The third-order valence-corrected chi connectivity index (χ3v) is 4.16. The summed E-state index contributed by atoms with van der Waals surface area (Å²) in [6.07, 6.45) is 1.68. The topological polar surface area (TPSA) is 95.1 Å². The van der Waals surface area contributed by atoms with E-state index < -0.39 is 17.6 Å². The highest BCUT2D eigenvalue weighted by molar-refractivity contribution is 5.96. The quantitative estimate of drug-likeness (QED) is 0.671. The van der Waals surface area contributed by atoms with Gasteiger partial charge in [0.2, 0.25) is 0 Å². The van der Waals surface area contributed by atoms with E-state index in [-0.39, 0.29) is 5.56 Å². The molecule has 0 fully saturated rings. The Bertz CT molecular complexity index is 994. The van der Waals surface area contributed by atoms with Crippen molar-refractivity contribution in [3.8, 4) is 0 Å². The Morgan fingerprint density at radius 2 is 2.04 bits per heavy atom. The number of carbonyl (C=O) groups is 1. The maximum atomic E-state index is 12.3. The number of hydrogen-bond acceptors (Lipinski definition) is 4. The number of carboxylic acids is 1. The maximum Gasteiger partial charge on any atom is 0.341 e. The summed E-state index contributed by atoms with van der Waals surface area (Å²) in [4.78, 5) is 31.0. The SMILES string of the molecule is O=C(O)c1c(C2NCc3cccnc32)c2ccccc2[nH]c1=O. The monoisotopic (exact) mass is 307 g/mol. The molecule has 0 aliphatic carbocycles. The van der Waals surface area contributed by atoms with Crippen LogP contribution in [-0.2, 0) is 6.54 Å². The molecule has 114 valence electrons. The molecule has 1 aromatic carbocycles. The molecule has 3 heterocycles. The Hall–Kier alpha value is -2.99. The van der Waals surface area contributed by atoms with Crippen LogP contribution < -0.4 is 10.9 Å². The summed E-state index contributed by atoms with van der Waals surface area (Å²) in [5.74, 6) is -1.24. The Balaban J connectivity index is 2.08. The van der Waals surface area contributed by atoms with Crippen molar-refractivity contribution in [3.05, 3.63) is 75.3 Å². The molecule has 4 rings (SSSR count). The standard InChI is InChI=1S/C17H13N3O3/c21-16-13(17(22)23)12(10-5-1-2-6-11(10)20-16)15-14-9(8-19-15)4-3-7-18-14/h1-7,15,19H,8H2,(H,20,21)(H,22,23). The molecule has 0 saturated heterocycles. The van der Waals surface area contributed by atoms with Gasteiger partial charge in [0.15, 0.2) is 0 Å². The first-order chi connectivity index (χ1) is 11.2. The number of aromatic amines is 1. The van der Waals surface area contributed by atoms with Crippen LogP contribution in [-0.4, -0.2) is 21.0 Å². The predicted octanol–water partition coefficient (Wildman–Crippen LogP) is 1.81. The van der Waals surface area contributed by atoms with Gasteiger partial charge < -0.3 is 15.4 Å². The average molecular weight is 307 g/mol. The first-order valence-corrected chi connectivity index (χ1v) is 7.22. The van der Waals surface area contributed by atoms with Crippen LogP contribution in [0.3, 0.4) is 0 Å². The smallest absolute Gasteiger partial charge is 0.341 e. The summed E-state index contributed by atoms with van der Waals surface area (Å²) < 4.78 is 0. The van der Waals surface area contributed by atoms with Gasteiger partial charge in [-0.3, -0.25) is 9.78 Å². The number of rotatable bonds is 2. The molecule has 1 aliphatic rings. The highest BCUT2D eigenvalue weighted by Crippen LogP contribution is 2.34. The Morgan fingerprint density at radius 1 is 1.22 bits per heavy atom. The molecule has 0 amide bonds. The molecule has 3 N–H and O–H groups in total. The number of hydrogen-bond donors (Lipinski definition) is 3. The molecular weight excluding hydrogens is 294 g/mol. The van der Waals surface area contributed by atoms with E-state index in [4.69, 9.17) is 0 Å². The number of aromatic nitrogens is 2. The van der Waals surface area contributed by atoms with Gasteiger partial charge in [0.25, 0.3) is 5.56 Å². The molecule has 6 nitrogen and oxygen atoms in total. The van der Waals surface area contributed by atoms with Crippen LogP contribution in [0.5, 0.6) is 0 Å². The van der Waals surface area contributed by atoms with E-state index in [1.807, 2.05) is 24.3 Å². The van der Waals surface area contributed by atoms with E-state index in [0.717, 1.165) is 11.3 Å². The molecule has 2 aromatic heterocycles.